The summed E-state index contributed by atoms with van der Waals surface area (Å²) in [4.78, 5) is 34.7. The lowest BCUT2D eigenvalue weighted by Crippen LogP contribution is -2.44. The molecule has 1 atom stereocenters. The predicted octanol–water partition coefficient (Wildman–Crippen LogP) is 1.98. The Bertz CT molecular complexity index is 1010. The smallest absolute Gasteiger partial charge is 0.336 e. The molecule has 2 aromatic carbocycles. The maximum absolute atomic E-state index is 12.1. The number of carboxylic acids is 1. The fourth-order valence-corrected chi connectivity index (χ4v) is 2.57. The Morgan fingerprint density at radius 2 is 1.81 bits per heavy atom. The summed E-state index contributed by atoms with van der Waals surface area (Å²) in [7, 11) is 0. The van der Waals surface area contributed by atoms with Crippen LogP contribution in [0, 0.1) is 0 Å². The van der Waals surface area contributed by atoms with Gasteiger partial charge in [-0.1, -0.05) is 30.3 Å². The predicted molar refractivity (Wildman–Crippen MR) is 97.7 cm³/mol. The quantitative estimate of drug-likeness (QED) is 0.619. The third-order valence-electron chi connectivity index (χ3n) is 3.88. The Balaban J connectivity index is 1.61. The Kier molecular flexibility index (Phi) is 5.51. The van der Waals surface area contributed by atoms with E-state index in [0.29, 0.717) is 11.3 Å². The van der Waals surface area contributed by atoms with Gasteiger partial charge in [0.1, 0.15) is 17.4 Å². The molecule has 0 aliphatic rings. The highest BCUT2D eigenvalue weighted by Crippen LogP contribution is 2.19. The summed E-state index contributed by atoms with van der Waals surface area (Å²) >= 11 is 0. The molecule has 27 heavy (non-hydrogen) atoms. The van der Waals surface area contributed by atoms with Crippen LogP contribution in [0.3, 0.4) is 0 Å². The lowest BCUT2D eigenvalue weighted by Gasteiger charge is -2.15. The van der Waals surface area contributed by atoms with Gasteiger partial charge in [-0.25, -0.2) is 9.59 Å². The van der Waals surface area contributed by atoms with Gasteiger partial charge in [0.05, 0.1) is 0 Å². The topological polar surface area (TPSA) is 106 Å². The Labute approximate surface area is 154 Å². The van der Waals surface area contributed by atoms with Crippen molar-refractivity contribution in [3.63, 3.8) is 0 Å². The SMILES string of the molecule is O=C(COc1ccc2ccc(=O)oc2c1)NC(Cc1ccccc1)C(=O)O. The molecule has 1 amide bonds. The van der Waals surface area contributed by atoms with Crippen molar-refractivity contribution in [2.75, 3.05) is 6.61 Å². The molecule has 0 saturated carbocycles. The number of carboxylic acid groups (broad SMARTS) is 1. The van der Waals surface area contributed by atoms with Crippen LogP contribution in [-0.4, -0.2) is 29.6 Å². The van der Waals surface area contributed by atoms with Crippen LogP contribution in [-0.2, 0) is 16.0 Å². The fraction of sp³-hybridized carbons (Fsp3) is 0.150. The molecule has 3 rings (SSSR count). The summed E-state index contributed by atoms with van der Waals surface area (Å²) in [6.45, 7) is -0.360. The first-order valence-electron chi connectivity index (χ1n) is 8.24. The van der Waals surface area contributed by atoms with E-state index in [0.717, 1.165) is 10.9 Å². The average molecular weight is 367 g/mol. The number of carbonyl (C=O) groups excluding carboxylic acids is 1. The highest BCUT2D eigenvalue weighted by molar-refractivity contribution is 5.84. The summed E-state index contributed by atoms with van der Waals surface area (Å²) in [5.41, 5.74) is 0.658. The lowest BCUT2D eigenvalue weighted by molar-refractivity contribution is -0.142. The van der Waals surface area contributed by atoms with Crippen LogP contribution in [0.25, 0.3) is 11.0 Å². The number of amides is 1. The van der Waals surface area contributed by atoms with Crippen LogP contribution in [0.2, 0.25) is 0 Å². The van der Waals surface area contributed by atoms with Crippen LogP contribution in [0.4, 0.5) is 0 Å². The van der Waals surface area contributed by atoms with Crippen molar-refractivity contribution in [3.8, 4) is 5.75 Å². The average Bonchev–Trinajstić information content (AvgIpc) is 2.66. The van der Waals surface area contributed by atoms with Crippen molar-refractivity contribution in [2.45, 2.75) is 12.5 Å². The summed E-state index contributed by atoms with van der Waals surface area (Å²) < 4.78 is 10.4. The maximum Gasteiger partial charge on any atom is 0.336 e. The molecule has 0 radical (unpaired) electrons. The number of rotatable bonds is 7. The molecule has 138 valence electrons. The number of carbonyl (C=O) groups is 2. The van der Waals surface area contributed by atoms with Crippen LogP contribution < -0.4 is 15.7 Å². The van der Waals surface area contributed by atoms with Gasteiger partial charge in [-0.3, -0.25) is 4.79 Å². The number of nitrogens with one attached hydrogen (secondary N) is 1. The number of benzene rings is 2. The molecule has 0 bridgehead atoms. The zero-order valence-corrected chi connectivity index (χ0v) is 14.3. The third-order valence-corrected chi connectivity index (χ3v) is 3.88. The van der Waals surface area contributed by atoms with Crippen molar-refractivity contribution in [1.29, 1.82) is 0 Å². The van der Waals surface area contributed by atoms with Gasteiger partial charge in [0.15, 0.2) is 6.61 Å². The van der Waals surface area contributed by atoms with Gasteiger partial charge in [0, 0.05) is 23.9 Å². The Hall–Kier alpha value is -3.61. The van der Waals surface area contributed by atoms with Crippen LogP contribution in [0.1, 0.15) is 5.56 Å². The second-order valence-corrected chi connectivity index (χ2v) is 5.89. The molecule has 1 heterocycles. The molecule has 0 fully saturated rings. The molecule has 7 heteroatoms. The molecule has 1 unspecified atom stereocenters. The molecule has 2 N–H and O–H groups in total. The van der Waals surface area contributed by atoms with E-state index in [9.17, 15) is 19.5 Å². The van der Waals surface area contributed by atoms with Gasteiger partial charge in [-0.05, 0) is 23.8 Å². The minimum atomic E-state index is -1.13. The van der Waals surface area contributed by atoms with Gasteiger partial charge in [-0.2, -0.15) is 0 Å². The normalized spacial score (nSPS) is 11.7. The molecule has 3 aromatic rings. The van der Waals surface area contributed by atoms with Crippen LogP contribution in [0.5, 0.6) is 5.75 Å². The molecule has 0 spiro atoms. The molecule has 7 nitrogen and oxygen atoms in total. The van der Waals surface area contributed by atoms with E-state index >= 15 is 0 Å². The van der Waals surface area contributed by atoms with Crippen molar-refractivity contribution < 1.29 is 23.8 Å². The van der Waals surface area contributed by atoms with E-state index in [1.807, 2.05) is 6.07 Å². The number of ether oxygens (including phenoxy) is 1. The van der Waals surface area contributed by atoms with E-state index in [4.69, 9.17) is 9.15 Å². The molecule has 0 aliphatic heterocycles. The second-order valence-electron chi connectivity index (χ2n) is 5.89. The zero-order valence-electron chi connectivity index (χ0n) is 14.3. The number of hydrogen-bond acceptors (Lipinski definition) is 5. The van der Waals surface area contributed by atoms with Gasteiger partial charge in [0.2, 0.25) is 0 Å². The maximum atomic E-state index is 12.1. The first-order valence-corrected chi connectivity index (χ1v) is 8.24. The van der Waals surface area contributed by atoms with E-state index in [-0.39, 0.29) is 13.0 Å². The highest BCUT2D eigenvalue weighted by atomic mass is 16.5. The number of aliphatic carboxylic acids is 1. The van der Waals surface area contributed by atoms with Crippen molar-refractivity contribution in [3.05, 3.63) is 76.6 Å². The fourth-order valence-electron chi connectivity index (χ4n) is 2.57. The summed E-state index contributed by atoms with van der Waals surface area (Å²) in [5.74, 6) is -1.35. The number of fused-ring (bicyclic) bond motifs is 1. The Morgan fingerprint density at radius 3 is 2.56 bits per heavy atom. The largest absolute Gasteiger partial charge is 0.484 e. The molecular weight excluding hydrogens is 350 g/mol. The van der Waals surface area contributed by atoms with Crippen LogP contribution >= 0.6 is 0 Å². The monoisotopic (exact) mass is 367 g/mol. The minimum Gasteiger partial charge on any atom is -0.484 e. The van der Waals surface area contributed by atoms with Gasteiger partial charge in [0.25, 0.3) is 5.91 Å². The van der Waals surface area contributed by atoms with E-state index < -0.39 is 23.5 Å². The van der Waals surface area contributed by atoms with Crippen molar-refractivity contribution in [2.24, 2.45) is 0 Å². The highest BCUT2D eigenvalue weighted by Gasteiger charge is 2.20. The first-order chi connectivity index (χ1) is 13.0. The van der Waals surface area contributed by atoms with Gasteiger partial charge < -0.3 is 19.6 Å². The lowest BCUT2D eigenvalue weighted by atomic mass is 10.1. The standard InChI is InChI=1S/C20H17NO6/c22-18(21-16(20(24)25)10-13-4-2-1-3-5-13)12-26-15-8-6-14-7-9-19(23)27-17(14)11-15/h1-9,11,16H,10,12H2,(H,21,22)(H,24,25). The molecule has 1 aromatic heterocycles. The minimum absolute atomic E-state index is 0.170. The van der Waals surface area contributed by atoms with Crippen LogP contribution in [0.15, 0.2) is 69.9 Å². The molecule has 0 aliphatic carbocycles. The Morgan fingerprint density at radius 1 is 1.07 bits per heavy atom. The van der Waals surface area contributed by atoms with E-state index in [2.05, 4.69) is 5.32 Å². The third kappa shape index (κ3) is 4.94. The van der Waals surface area contributed by atoms with E-state index in [1.54, 1.807) is 42.5 Å². The van der Waals surface area contributed by atoms with Crippen molar-refractivity contribution in [1.82, 2.24) is 5.32 Å². The molecule has 0 saturated heterocycles. The summed E-state index contributed by atoms with van der Waals surface area (Å²) in [6.07, 6.45) is 0.170. The van der Waals surface area contributed by atoms with Crippen molar-refractivity contribution >= 4 is 22.8 Å². The number of hydrogen-bond donors (Lipinski definition) is 2. The molecular formula is C20H17NO6. The van der Waals surface area contributed by atoms with Gasteiger partial charge in [-0.15, -0.1) is 0 Å². The van der Waals surface area contributed by atoms with Gasteiger partial charge >= 0.3 is 11.6 Å². The zero-order chi connectivity index (χ0) is 19.2. The summed E-state index contributed by atoms with van der Waals surface area (Å²) in [5, 5.41) is 12.5. The first kappa shape index (κ1) is 18.2. The second kappa shape index (κ2) is 8.18. The summed E-state index contributed by atoms with van der Waals surface area (Å²) in [6, 6.07) is 15.7. The van der Waals surface area contributed by atoms with E-state index in [1.165, 1.54) is 12.1 Å².